The number of hydrogen-bond acceptors (Lipinski definition) is 3. The van der Waals surface area contributed by atoms with Gasteiger partial charge in [0.25, 0.3) is 5.82 Å². The highest BCUT2D eigenvalue weighted by Gasteiger charge is 2.15. The van der Waals surface area contributed by atoms with Gasteiger partial charge in [-0.3, -0.25) is 5.73 Å². The van der Waals surface area contributed by atoms with Gasteiger partial charge in [0.15, 0.2) is 5.39 Å². The fourth-order valence-electron chi connectivity index (χ4n) is 2.43. The topological polar surface area (TPSA) is 70.4 Å². The summed E-state index contributed by atoms with van der Waals surface area (Å²) in [5.41, 5.74) is 7.19. The predicted octanol–water partition coefficient (Wildman–Crippen LogP) is 2.30. The molecule has 4 heteroatoms. The van der Waals surface area contributed by atoms with Crippen LogP contribution in [0.25, 0.3) is 21.7 Å². The molecule has 0 amide bonds. The summed E-state index contributed by atoms with van der Waals surface area (Å²) >= 11 is 0. The first-order valence-corrected chi connectivity index (χ1v) is 6.37. The van der Waals surface area contributed by atoms with Crippen LogP contribution in [0.15, 0.2) is 39.5 Å². The van der Waals surface area contributed by atoms with Crippen LogP contribution >= 0.6 is 0 Å². The molecule has 2 heterocycles. The lowest BCUT2D eigenvalue weighted by Gasteiger charge is -2.04. The van der Waals surface area contributed by atoms with Gasteiger partial charge in [0.1, 0.15) is 11.3 Å². The van der Waals surface area contributed by atoms with Crippen LogP contribution < -0.4 is 16.3 Å². The Bertz CT molecular complexity index is 821. The molecule has 0 unspecified atom stereocenters. The normalized spacial score (nSPS) is 11.2. The van der Waals surface area contributed by atoms with Gasteiger partial charge in [-0.15, -0.1) is 0 Å². The van der Waals surface area contributed by atoms with Gasteiger partial charge in [0, 0.05) is 17.2 Å². The first-order valence-electron chi connectivity index (χ1n) is 6.37. The van der Waals surface area contributed by atoms with E-state index in [1.807, 2.05) is 24.3 Å². The third kappa shape index (κ3) is 1.85. The molecule has 4 nitrogen and oxygen atoms in total. The third-order valence-electron chi connectivity index (χ3n) is 3.26. The lowest BCUT2D eigenvalue weighted by atomic mass is 10.1. The van der Waals surface area contributed by atoms with E-state index in [1.54, 1.807) is 6.07 Å². The number of para-hydroxylation sites is 1. The van der Waals surface area contributed by atoms with E-state index in [1.165, 1.54) is 0 Å². The van der Waals surface area contributed by atoms with Crippen molar-refractivity contribution < 1.29 is 9.40 Å². The number of aryl methyl sites for hydroxylation is 1. The quantitative estimate of drug-likeness (QED) is 0.564. The summed E-state index contributed by atoms with van der Waals surface area (Å²) in [6, 6.07) is 9.50. The standard InChI is InChI=1S/C15H14N2O2/c1-2-5-9-8-11-10-6-3-4-7-12(10)19-15(18)13(11)14(16)17-9/h3-4,6-8H,2,5H2,1H3,(H2,16,17)/p+1. The Balaban J connectivity index is 2.50. The maximum atomic E-state index is 12.0. The van der Waals surface area contributed by atoms with Crippen molar-refractivity contribution in [2.75, 3.05) is 5.73 Å². The number of anilines is 1. The summed E-state index contributed by atoms with van der Waals surface area (Å²) in [5, 5.41) is 2.19. The predicted molar refractivity (Wildman–Crippen MR) is 75.0 cm³/mol. The van der Waals surface area contributed by atoms with Crippen molar-refractivity contribution in [3.8, 4) is 0 Å². The maximum absolute atomic E-state index is 12.0. The molecule has 2 aromatic heterocycles. The Morgan fingerprint density at radius 3 is 2.84 bits per heavy atom. The number of aromatic amines is 1. The molecule has 3 rings (SSSR count). The number of nitrogen functional groups attached to an aromatic ring is 1. The molecule has 1 aromatic carbocycles. The van der Waals surface area contributed by atoms with Crippen LogP contribution in [0.1, 0.15) is 19.0 Å². The maximum Gasteiger partial charge on any atom is 0.352 e. The number of nitrogens with one attached hydrogen (secondary N) is 1. The van der Waals surface area contributed by atoms with Crippen molar-refractivity contribution in [1.82, 2.24) is 0 Å². The molecule has 0 bridgehead atoms. The van der Waals surface area contributed by atoms with Gasteiger partial charge in [-0.2, -0.15) is 0 Å². The van der Waals surface area contributed by atoms with E-state index >= 15 is 0 Å². The van der Waals surface area contributed by atoms with Gasteiger partial charge < -0.3 is 4.42 Å². The van der Waals surface area contributed by atoms with E-state index in [9.17, 15) is 4.79 Å². The number of hydrogen-bond donors (Lipinski definition) is 1. The number of aromatic nitrogens is 1. The van der Waals surface area contributed by atoms with Crippen LogP contribution in [-0.2, 0) is 6.42 Å². The van der Waals surface area contributed by atoms with Crippen molar-refractivity contribution in [2.45, 2.75) is 19.8 Å². The number of pyridine rings is 1. The van der Waals surface area contributed by atoms with E-state index in [4.69, 9.17) is 10.2 Å². The van der Waals surface area contributed by atoms with Crippen LogP contribution in [0.2, 0.25) is 0 Å². The van der Waals surface area contributed by atoms with Gasteiger partial charge in [-0.1, -0.05) is 25.1 Å². The molecule has 0 saturated heterocycles. The van der Waals surface area contributed by atoms with E-state index in [0.29, 0.717) is 16.8 Å². The molecule has 0 saturated carbocycles. The second-order valence-electron chi connectivity index (χ2n) is 4.63. The van der Waals surface area contributed by atoms with Gasteiger partial charge in [-0.25, -0.2) is 9.78 Å². The Labute approximate surface area is 109 Å². The van der Waals surface area contributed by atoms with Crippen LogP contribution in [0.5, 0.6) is 0 Å². The Morgan fingerprint density at radius 1 is 1.26 bits per heavy atom. The van der Waals surface area contributed by atoms with Gasteiger partial charge in [-0.05, 0) is 18.6 Å². The van der Waals surface area contributed by atoms with Crippen molar-refractivity contribution in [2.24, 2.45) is 0 Å². The SMILES string of the molecule is CCCc1cc2c(c(N)[nH+]1)c(=O)oc1ccccc12. The Kier molecular flexibility index (Phi) is 2.71. The molecule has 19 heavy (non-hydrogen) atoms. The molecule has 0 spiro atoms. The fraction of sp³-hybridized carbons (Fsp3) is 0.200. The summed E-state index contributed by atoms with van der Waals surface area (Å²) < 4.78 is 5.30. The zero-order chi connectivity index (χ0) is 13.4. The largest absolute Gasteiger partial charge is 0.422 e. The number of benzene rings is 1. The molecular formula is C15H15N2O2+. The molecule has 0 aliphatic carbocycles. The molecule has 0 aliphatic rings. The van der Waals surface area contributed by atoms with E-state index in [2.05, 4.69) is 11.9 Å². The molecular weight excluding hydrogens is 240 g/mol. The highest BCUT2D eigenvalue weighted by Crippen LogP contribution is 2.24. The van der Waals surface area contributed by atoms with Crippen molar-refractivity contribution >= 4 is 27.6 Å². The van der Waals surface area contributed by atoms with Gasteiger partial charge in [0.05, 0.1) is 0 Å². The summed E-state index contributed by atoms with van der Waals surface area (Å²) in [4.78, 5) is 15.1. The highest BCUT2D eigenvalue weighted by molar-refractivity contribution is 6.06. The summed E-state index contributed by atoms with van der Waals surface area (Å²) in [7, 11) is 0. The lowest BCUT2D eigenvalue weighted by Crippen LogP contribution is -2.19. The molecule has 0 aliphatic heterocycles. The number of fused-ring (bicyclic) bond motifs is 3. The second kappa shape index (κ2) is 4.39. The van der Waals surface area contributed by atoms with E-state index in [-0.39, 0.29) is 0 Å². The minimum absolute atomic E-state index is 0.375. The monoisotopic (exact) mass is 255 g/mol. The average Bonchev–Trinajstić information content (AvgIpc) is 2.38. The first-order chi connectivity index (χ1) is 9.20. The summed E-state index contributed by atoms with van der Waals surface area (Å²) in [5.74, 6) is 0.375. The molecule has 0 radical (unpaired) electrons. The van der Waals surface area contributed by atoms with Crippen molar-refractivity contribution in [1.29, 1.82) is 0 Å². The van der Waals surface area contributed by atoms with E-state index in [0.717, 1.165) is 29.3 Å². The smallest absolute Gasteiger partial charge is 0.352 e. The molecule has 3 aromatic rings. The van der Waals surface area contributed by atoms with Crippen LogP contribution in [0.4, 0.5) is 5.82 Å². The number of nitrogens with two attached hydrogens (primary N) is 1. The van der Waals surface area contributed by atoms with Gasteiger partial charge in [0.2, 0.25) is 0 Å². The zero-order valence-corrected chi connectivity index (χ0v) is 10.7. The first kappa shape index (κ1) is 11.7. The minimum atomic E-state index is -0.398. The van der Waals surface area contributed by atoms with Crippen LogP contribution in [0.3, 0.4) is 0 Å². The van der Waals surface area contributed by atoms with Crippen molar-refractivity contribution in [3.05, 3.63) is 46.4 Å². The highest BCUT2D eigenvalue weighted by atomic mass is 16.4. The summed E-state index contributed by atoms with van der Waals surface area (Å²) in [6.07, 6.45) is 1.91. The number of H-pyrrole nitrogens is 1. The van der Waals surface area contributed by atoms with Gasteiger partial charge >= 0.3 is 5.63 Å². The number of rotatable bonds is 2. The lowest BCUT2D eigenvalue weighted by molar-refractivity contribution is -0.371. The zero-order valence-electron chi connectivity index (χ0n) is 10.7. The van der Waals surface area contributed by atoms with Crippen molar-refractivity contribution in [3.63, 3.8) is 0 Å². The third-order valence-corrected chi connectivity index (χ3v) is 3.26. The van der Waals surface area contributed by atoms with Crippen LogP contribution in [-0.4, -0.2) is 0 Å². The molecule has 96 valence electrons. The molecule has 3 N–H and O–H groups in total. The van der Waals surface area contributed by atoms with Crippen LogP contribution in [0, 0.1) is 0 Å². The average molecular weight is 255 g/mol. The Morgan fingerprint density at radius 2 is 2.05 bits per heavy atom. The summed E-state index contributed by atoms with van der Waals surface area (Å²) in [6.45, 7) is 2.10. The Hall–Kier alpha value is -2.36. The minimum Gasteiger partial charge on any atom is -0.422 e. The molecule has 0 fully saturated rings. The molecule has 0 atom stereocenters. The second-order valence-corrected chi connectivity index (χ2v) is 4.63. The fourth-order valence-corrected chi connectivity index (χ4v) is 2.43. The van der Waals surface area contributed by atoms with E-state index < -0.39 is 5.63 Å².